The van der Waals surface area contributed by atoms with Crippen molar-refractivity contribution in [2.75, 3.05) is 6.54 Å². The number of nitrogens with zero attached hydrogens (tertiary/aromatic N) is 1. The van der Waals surface area contributed by atoms with Gasteiger partial charge in [-0.15, -0.1) is 0 Å². The van der Waals surface area contributed by atoms with E-state index in [4.69, 9.17) is 11.6 Å². The first kappa shape index (κ1) is 17.0. The van der Waals surface area contributed by atoms with E-state index < -0.39 is 0 Å². The maximum atomic E-state index is 12.1. The van der Waals surface area contributed by atoms with E-state index in [2.05, 4.69) is 10.6 Å². The summed E-state index contributed by atoms with van der Waals surface area (Å²) in [6, 6.07) is 17.1. The van der Waals surface area contributed by atoms with Crippen molar-refractivity contribution < 1.29 is 9.59 Å². The van der Waals surface area contributed by atoms with Gasteiger partial charge in [-0.1, -0.05) is 48.0 Å². The molecular weight excluding hydrogens is 338 g/mol. The predicted octanol–water partition coefficient (Wildman–Crippen LogP) is 2.73. The van der Waals surface area contributed by atoms with Crippen LogP contribution in [0.4, 0.5) is 0 Å². The van der Waals surface area contributed by atoms with E-state index in [1.165, 1.54) is 0 Å². The van der Waals surface area contributed by atoms with E-state index in [0.29, 0.717) is 11.6 Å². The van der Waals surface area contributed by atoms with Crippen molar-refractivity contribution in [1.29, 1.82) is 0 Å². The molecule has 0 aliphatic carbocycles. The van der Waals surface area contributed by atoms with Crippen LogP contribution < -0.4 is 10.6 Å². The molecule has 0 spiro atoms. The number of benzene rings is 2. The Kier molecular flexibility index (Phi) is 5.36. The van der Waals surface area contributed by atoms with Crippen molar-refractivity contribution in [3.63, 3.8) is 0 Å². The van der Waals surface area contributed by atoms with Gasteiger partial charge in [-0.3, -0.25) is 9.59 Å². The number of hydrogen-bond donors (Lipinski definition) is 2. The van der Waals surface area contributed by atoms with Gasteiger partial charge in [0.05, 0.1) is 6.54 Å². The van der Waals surface area contributed by atoms with Crippen LogP contribution >= 0.6 is 11.6 Å². The largest absolute Gasteiger partial charge is 0.350 e. The molecule has 1 aromatic heterocycles. The topological polar surface area (TPSA) is 63.1 Å². The second-order valence-electron chi connectivity index (χ2n) is 5.69. The number of amides is 2. The van der Waals surface area contributed by atoms with Gasteiger partial charge in [0.25, 0.3) is 0 Å². The number of rotatable bonds is 6. The third-order valence-electron chi connectivity index (χ3n) is 3.83. The fourth-order valence-electron chi connectivity index (χ4n) is 2.54. The number of halogens is 1. The summed E-state index contributed by atoms with van der Waals surface area (Å²) in [6.07, 6.45) is 1.83. The van der Waals surface area contributed by atoms with Gasteiger partial charge in [0.1, 0.15) is 6.54 Å². The summed E-state index contributed by atoms with van der Waals surface area (Å²) in [4.78, 5) is 23.9. The molecule has 0 radical (unpaired) electrons. The van der Waals surface area contributed by atoms with Crippen LogP contribution in [0.15, 0.2) is 60.8 Å². The Labute approximate surface area is 150 Å². The Bertz CT molecular complexity index is 890. The monoisotopic (exact) mass is 355 g/mol. The van der Waals surface area contributed by atoms with E-state index in [1.54, 1.807) is 4.57 Å². The van der Waals surface area contributed by atoms with Gasteiger partial charge in [-0.2, -0.15) is 0 Å². The summed E-state index contributed by atoms with van der Waals surface area (Å²) in [5, 5.41) is 7.03. The SMILES string of the molecule is O=C(CNC(=O)Cn1ccc2ccc(Cl)cc21)NCc1ccccc1. The van der Waals surface area contributed by atoms with Gasteiger partial charge in [-0.05, 0) is 29.1 Å². The molecule has 3 rings (SSSR count). The average Bonchev–Trinajstić information content (AvgIpc) is 3.01. The Morgan fingerprint density at radius 3 is 2.56 bits per heavy atom. The van der Waals surface area contributed by atoms with Crippen molar-refractivity contribution in [1.82, 2.24) is 15.2 Å². The van der Waals surface area contributed by atoms with Gasteiger partial charge >= 0.3 is 0 Å². The van der Waals surface area contributed by atoms with Crippen molar-refractivity contribution >= 4 is 34.3 Å². The average molecular weight is 356 g/mol. The summed E-state index contributed by atoms with van der Waals surface area (Å²) in [5.41, 5.74) is 1.90. The molecule has 2 N–H and O–H groups in total. The highest BCUT2D eigenvalue weighted by Gasteiger charge is 2.08. The first-order valence-electron chi connectivity index (χ1n) is 7.93. The van der Waals surface area contributed by atoms with Gasteiger partial charge in [0.15, 0.2) is 0 Å². The van der Waals surface area contributed by atoms with Gasteiger partial charge < -0.3 is 15.2 Å². The smallest absolute Gasteiger partial charge is 0.240 e. The fourth-order valence-corrected chi connectivity index (χ4v) is 2.71. The fraction of sp³-hybridized carbons (Fsp3) is 0.158. The lowest BCUT2D eigenvalue weighted by molar-refractivity contribution is -0.126. The minimum Gasteiger partial charge on any atom is -0.350 e. The first-order valence-corrected chi connectivity index (χ1v) is 8.31. The maximum absolute atomic E-state index is 12.1. The summed E-state index contributed by atoms with van der Waals surface area (Å²) >= 11 is 6.01. The van der Waals surface area contributed by atoms with Crippen LogP contribution in [0, 0.1) is 0 Å². The number of carbonyl (C=O) groups excluding carboxylic acids is 2. The normalized spacial score (nSPS) is 10.6. The molecule has 0 unspecified atom stereocenters. The molecule has 0 fully saturated rings. The maximum Gasteiger partial charge on any atom is 0.240 e. The Hall–Kier alpha value is -2.79. The lowest BCUT2D eigenvalue weighted by Gasteiger charge is -2.08. The third kappa shape index (κ3) is 4.61. The van der Waals surface area contributed by atoms with E-state index in [1.807, 2.05) is 60.8 Å². The Morgan fingerprint density at radius 2 is 1.76 bits per heavy atom. The molecule has 5 nitrogen and oxygen atoms in total. The van der Waals surface area contributed by atoms with Crippen LogP contribution in [0.5, 0.6) is 0 Å². The number of nitrogens with one attached hydrogen (secondary N) is 2. The van der Waals surface area contributed by atoms with Crippen molar-refractivity contribution in [2.45, 2.75) is 13.1 Å². The highest BCUT2D eigenvalue weighted by molar-refractivity contribution is 6.31. The van der Waals surface area contributed by atoms with Gasteiger partial charge in [-0.25, -0.2) is 0 Å². The second-order valence-corrected chi connectivity index (χ2v) is 6.12. The predicted molar refractivity (Wildman–Crippen MR) is 98.2 cm³/mol. The molecule has 3 aromatic rings. The van der Waals surface area contributed by atoms with Crippen molar-refractivity contribution in [2.24, 2.45) is 0 Å². The minimum atomic E-state index is -0.229. The van der Waals surface area contributed by atoms with E-state index in [9.17, 15) is 9.59 Å². The number of hydrogen-bond acceptors (Lipinski definition) is 2. The van der Waals surface area contributed by atoms with E-state index in [-0.39, 0.29) is 24.9 Å². The van der Waals surface area contributed by atoms with Gasteiger partial charge in [0, 0.05) is 23.3 Å². The summed E-state index contributed by atoms with van der Waals surface area (Å²) in [7, 11) is 0. The standard InChI is InChI=1S/C19H18ClN3O2/c20-16-7-6-15-8-9-23(17(15)10-16)13-19(25)22-12-18(24)21-11-14-4-2-1-3-5-14/h1-10H,11-13H2,(H,21,24)(H,22,25). The third-order valence-corrected chi connectivity index (χ3v) is 4.06. The second kappa shape index (κ2) is 7.85. The molecule has 0 saturated carbocycles. The van der Waals surface area contributed by atoms with E-state index in [0.717, 1.165) is 16.5 Å². The first-order chi connectivity index (χ1) is 12.1. The molecule has 25 heavy (non-hydrogen) atoms. The molecule has 128 valence electrons. The zero-order chi connectivity index (χ0) is 17.6. The van der Waals surface area contributed by atoms with Crippen molar-refractivity contribution in [3.8, 4) is 0 Å². The number of fused-ring (bicyclic) bond motifs is 1. The Balaban J connectivity index is 1.49. The molecule has 0 aliphatic rings. The lowest BCUT2D eigenvalue weighted by atomic mass is 10.2. The summed E-state index contributed by atoms with van der Waals surface area (Å²) in [5.74, 6) is -0.454. The van der Waals surface area contributed by atoms with Crippen LogP contribution in [0.2, 0.25) is 5.02 Å². The van der Waals surface area contributed by atoms with Crippen molar-refractivity contribution in [3.05, 3.63) is 71.4 Å². The Morgan fingerprint density at radius 1 is 0.960 bits per heavy atom. The van der Waals surface area contributed by atoms with Crippen LogP contribution in [-0.2, 0) is 22.7 Å². The van der Waals surface area contributed by atoms with Crippen LogP contribution in [0.1, 0.15) is 5.56 Å². The molecule has 0 saturated heterocycles. The molecular formula is C19H18ClN3O2. The van der Waals surface area contributed by atoms with Crippen LogP contribution in [0.3, 0.4) is 0 Å². The quantitative estimate of drug-likeness (QED) is 0.714. The molecule has 0 bridgehead atoms. The minimum absolute atomic E-state index is 0.0500. The summed E-state index contributed by atoms with van der Waals surface area (Å²) in [6.45, 7) is 0.526. The molecule has 1 heterocycles. The van der Waals surface area contributed by atoms with E-state index >= 15 is 0 Å². The molecule has 0 aliphatic heterocycles. The van der Waals surface area contributed by atoms with Gasteiger partial charge in [0.2, 0.25) is 11.8 Å². The number of carbonyl (C=O) groups is 2. The highest BCUT2D eigenvalue weighted by atomic mass is 35.5. The molecule has 2 aromatic carbocycles. The number of aromatic nitrogens is 1. The molecule has 2 amide bonds. The zero-order valence-corrected chi connectivity index (χ0v) is 14.3. The van der Waals surface area contributed by atoms with Crippen LogP contribution in [-0.4, -0.2) is 22.9 Å². The summed E-state index contributed by atoms with van der Waals surface area (Å²) < 4.78 is 1.80. The zero-order valence-electron chi connectivity index (χ0n) is 13.5. The van der Waals surface area contributed by atoms with Crippen LogP contribution in [0.25, 0.3) is 10.9 Å². The molecule has 0 atom stereocenters. The lowest BCUT2D eigenvalue weighted by Crippen LogP contribution is -2.37. The molecule has 6 heteroatoms. The highest BCUT2D eigenvalue weighted by Crippen LogP contribution is 2.20.